The normalized spacial score (nSPS) is 19.8. The van der Waals surface area contributed by atoms with Crippen LogP contribution in [0.5, 0.6) is 0 Å². The van der Waals surface area contributed by atoms with Crippen LogP contribution in [0.4, 0.5) is 0 Å². The van der Waals surface area contributed by atoms with E-state index in [4.69, 9.17) is 5.11 Å². The first kappa shape index (κ1) is 15.3. The molecule has 0 amide bonds. The van der Waals surface area contributed by atoms with Crippen molar-refractivity contribution in [2.75, 3.05) is 25.1 Å². The fourth-order valence-corrected chi connectivity index (χ4v) is 3.90. The van der Waals surface area contributed by atoms with Crippen molar-refractivity contribution >= 4 is 26.0 Å². The Morgan fingerprint density at radius 3 is 2.17 bits per heavy atom. The molecule has 0 spiro atoms. The molecule has 0 bridgehead atoms. The second kappa shape index (κ2) is 5.51. The Balaban J connectivity index is 2.56. The number of hydrogen-bond donors (Lipinski definition) is 2. The van der Waals surface area contributed by atoms with Crippen LogP contribution in [0.25, 0.3) is 0 Å². The number of rotatable bonds is 5. The Bertz CT molecular complexity index is 504. The Labute approximate surface area is 106 Å². The van der Waals surface area contributed by atoms with Crippen molar-refractivity contribution in [1.82, 2.24) is 9.03 Å². The van der Waals surface area contributed by atoms with Crippen molar-refractivity contribution in [1.29, 1.82) is 0 Å². The van der Waals surface area contributed by atoms with Gasteiger partial charge in [-0.25, -0.2) is 25.9 Å². The third-order valence-corrected chi connectivity index (χ3v) is 5.06. The van der Waals surface area contributed by atoms with Crippen molar-refractivity contribution in [3.8, 4) is 0 Å². The highest BCUT2D eigenvalue weighted by Crippen LogP contribution is 2.15. The SMILES string of the molecule is CS(=O)(=O)NC1CCN(S(=O)(=O)CC(=O)O)CC1. The zero-order valence-corrected chi connectivity index (χ0v) is 11.5. The lowest BCUT2D eigenvalue weighted by Gasteiger charge is -2.30. The summed E-state index contributed by atoms with van der Waals surface area (Å²) in [7, 11) is -7.10. The van der Waals surface area contributed by atoms with Crippen molar-refractivity contribution in [3.05, 3.63) is 0 Å². The molecule has 0 saturated carbocycles. The summed E-state index contributed by atoms with van der Waals surface area (Å²) in [5, 5.41) is 8.49. The van der Waals surface area contributed by atoms with Crippen LogP contribution >= 0.6 is 0 Å². The summed E-state index contributed by atoms with van der Waals surface area (Å²) < 4.78 is 48.7. The molecule has 0 aromatic heterocycles. The van der Waals surface area contributed by atoms with Crippen LogP contribution < -0.4 is 4.72 Å². The Morgan fingerprint density at radius 2 is 1.78 bits per heavy atom. The molecule has 0 aliphatic carbocycles. The van der Waals surface area contributed by atoms with Gasteiger partial charge in [0.05, 0.1) is 6.26 Å². The highest BCUT2D eigenvalue weighted by molar-refractivity contribution is 7.89. The Morgan fingerprint density at radius 1 is 1.28 bits per heavy atom. The first-order valence-electron chi connectivity index (χ1n) is 5.27. The van der Waals surface area contributed by atoms with Crippen LogP contribution in [0.2, 0.25) is 0 Å². The molecule has 1 aliphatic heterocycles. The molecule has 8 nitrogen and oxygen atoms in total. The van der Waals surface area contributed by atoms with Crippen molar-refractivity contribution < 1.29 is 26.7 Å². The summed E-state index contributed by atoms with van der Waals surface area (Å²) in [5.41, 5.74) is 0. The lowest BCUT2D eigenvalue weighted by atomic mass is 10.1. The number of nitrogens with one attached hydrogen (secondary N) is 1. The molecule has 0 unspecified atom stereocenters. The van der Waals surface area contributed by atoms with Crippen LogP contribution in [-0.2, 0) is 24.8 Å². The fourth-order valence-electron chi connectivity index (χ4n) is 1.80. The average molecular weight is 300 g/mol. The van der Waals surface area contributed by atoms with Crippen LogP contribution in [0, 0.1) is 0 Å². The van der Waals surface area contributed by atoms with Gasteiger partial charge in [-0.05, 0) is 12.8 Å². The molecule has 1 heterocycles. The van der Waals surface area contributed by atoms with Gasteiger partial charge >= 0.3 is 5.97 Å². The summed E-state index contributed by atoms with van der Waals surface area (Å²) in [4.78, 5) is 10.4. The molecule has 10 heteroatoms. The first-order chi connectivity index (χ1) is 8.10. The first-order valence-corrected chi connectivity index (χ1v) is 8.77. The quantitative estimate of drug-likeness (QED) is 0.632. The number of nitrogens with zero attached hydrogens (tertiary/aromatic N) is 1. The van der Waals surface area contributed by atoms with E-state index >= 15 is 0 Å². The van der Waals surface area contributed by atoms with Gasteiger partial charge in [0.25, 0.3) is 0 Å². The molecule has 0 aromatic carbocycles. The maximum atomic E-state index is 11.6. The third-order valence-electron chi connectivity index (χ3n) is 2.53. The molecule has 0 radical (unpaired) electrons. The van der Waals surface area contributed by atoms with E-state index < -0.39 is 31.8 Å². The maximum Gasteiger partial charge on any atom is 0.320 e. The summed E-state index contributed by atoms with van der Waals surface area (Å²) >= 11 is 0. The predicted molar refractivity (Wildman–Crippen MR) is 64.0 cm³/mol. The predicted octanol–water partition coefficient (Wildman–Crippen LogP) is -1.59. The van der Waals surface area contributed by atoms with Crippen molar-refractivity contribution in [2.24, 2.45) is 0 Å². The molecule has 2 N–H and O–H groups in total. The highest BCUT2D eigenvalue weighted by atomic mass is 32.2. The Kier molecular flexibility index (Phi) is 4.70. The Hall–Kier alpha value is -0.710. The smallest absolute Gasteiger partial charge is 0.320 e. The fraction of sp³-hybridized carbons (Fsp3) is 0.875. The second-order valence-corrected chi connectivity index (χ2v) is 7.96. The summed E-state index contributed by atoms with van der Waals surface area (Å²) in [5.74, 6) is -2.33. The van der Waals surface area contributed by atoms with E-state index in [0.29, 0.717) is 12.8 Å². The zero-order chi connectivity index (χ0) is 14.0. The lowest BCUT2D eigenvalue weighted by molar-refractivity contribution is -0.134. The van der Waals surface area contributed by atoms with Gasteiger partial charge in [0.2, 0.25) is 20.0 Å². The molecule has 106 valence electrons. The molecular formula is C8H16N2O6S2. The van der Waals surface area contributed by atoms with E-state index in [1.54, 1.807) is 0 Å². The van der Waals surface area contributed by atoms with E-state index in [0.717, 1.165) is 10.6 Å². The lowest BCUT2D eigenvalue weighted by Crippen LogP contribution is -2.47. The van der Waals surface area contributed by atoms with E-state index in [2.05, 4.69) is 4.72 Å². The standard InChI is InChI=1S/C8H16N2O6S2/c1-17(13,14)9-7-2-4-10(5-3-7)18(15,16)6-8(11)12/h7,9H,2-6H2,1H3,(H,11,12). The van der Waals surface area contributed by atoms with Crippen LogP contribution in [-0.4, -0.2) is 63.4 Å². The number of hydrogen-bond acceptors (Lipinski definition) is 5. The van der Waals surface area contributed by atoms with Gasteiger partial charge in [-0.2, -0.15) is 0 Å². The van der Waals surface area contributed by atoms with E-state index in [1.807, 2.05) is 0 Å². The minimum absolute atomic E-state index is 0.128. The van der Waals surface area contributed by atoms with E-state index in [-0.39, 0.29) is 19.1 Å². The van der Waals surface area contributed by atoms with Crippen molar-refractivity contribution in [3.63, 3.8) is 0 Å². The van der Waals surface area contributed by atoms with Gasteiger partial charge in [-0.3, -0.25) is 4.79 Å². The van der Waals surface area contributed by atoms with E-state index in [9.17, 15) is 21.6 Å². The van der Waals surface area contributed by atoms with Crippen LogP contribution in [0.3, 0.4) is 0 Å². The molecule has 18 heavy (non-hydrogen) atoms. The zero-order valence-electron chi connectivity index (χ0n) is 9.87. The van der Waals surface area contributed by atoms with Gasteiger partial charge in [0.15, 0.2) is 5.75 Å². The van der Waals surface area contributed by atoms with E-state index in [1.165, 1.54) is 0 Å². The largest absolute Gasteiger partial charge is 0.480 e. The molecule has 0 atom stereocenters. The van der Waals surface area contributed by atoms with Crippen LogP contribution in [0.1, 0.15) is 12.8 Å². The molecule has 1 rings (SSSR count). The van der Waals surface area contributed by atoms with Gasteiger partial charge in [0.1, 0.15) is 0 Å². The maximum absolute atomic E-state index is 11.6. The molecule has 1 fully saturated rings. The van der Waals surface area contributed by atoms with Gasteiger partial charge in [0, 0.05) is 19.1 Å². The van der Waals surface area contributed by atoms with Gasteiger partial charge in [-0.15, -0.1) is 0 Å². The number of carboxylic acids is 1. The number of piperidine rings is 1. The van der Waals surface area contributed by atoms with Crippen molar-refractivity contribution in [2.45, 2.75) is 18.9 Å². The number of aliphatic carboxylic acids is 1. The minimum Gasteiger partial charge on any atom is -0.480 e. The van der Waals surface area contributed by atoms with Gasteiger partial charge in [-0.1, -0.05) is 0 Å². The van der Waals surface area contributed by atoms with Crippen LogP contribution in [0.15, 0.2) is 0 Å². The van der Waals surface area contributed by atoms with Gasteiger partial charge < -0.3 is 5.11 Å². The highest BCUT2D eigenvalue weighted by Gasteiger charge is 2.30. The molecule has 1 aliphatic rings. The summed E-state index contributed by atoms with van der Waals surface area (Å²) in [6.45, 7) is 0.256. The number of carbonyl (C=O) groups is 1. The summed E-state index contributed by atoms with van der Waals surface area (Å²) in [6, 6.07) is -0.295. The average Bonchev–Trinajstić information content (AvgIpc) is 2.13. The molecule has 0 aromatic rings. The molecular weight excluding hydrogens is 284 g/mol. The monoisotopic (exact) mass is 300 g/mol. The second-order valence-electron chi connectivity index (χ2n) is 4.21. The third kappa shape index (κ3) is 4.88. The molecule has 1 saturated heterocycles. The summed E-state index contributed by atoms with van der Waals surface area (Å²) in [6.07, 6.45) is 1.72. The number of sulfonamides is 2. The minimum atomic E-state index is -3.79. The number of carboxylic acid groups (broad SMARTS) is 1. The topological polar surface area (TPSA) is 121 Å².